The van der Waals surface area contributed by atoms with Crippen LogP contribution in [0.25, 0.3) is 0 Å². The molecule has 0 atom stereocenters. The van der Waals surface area contributed by atoms with Crippen molar-refractivity contribution in [2.24, 2.45) is 0 Å². The highest BCUT2D eigenvalue weighted by atomic mass is 16.5. The van der Waals surface area contributed by atoms with Gasteiger partial charge in [-0.05, 0) is 40.0 Å². The molecule has 1 aromatic carbocycles. The lowest BCUT2D eigenvalue weighted by atomic mass is 9.90. The average molecular weight is 389 g/mol. The number of benzene rings is 1. The van der Waals surface area contributed by atoms with Gasteiger partial charge in [0.25, 0.3) is 5.91 Å². The van der Waals surface area contributed by atoms with Gasteiger partial charge in [0.05, 0.1) is 19.2 Å². The zero-order chi connectivity index (χ0) is 20.5. The number of hydrogen-bond acceptors (Lipinski definition) is 5. The van der Waals surface area contributed by atoms with Gasteiger partial charge in [0.1, 0.15) is 23.6 Å². The first-order valence-electron chi connectivity index (χ1n) is 9.77. The van der Waals surface area contributed by atoms with E-state index in [1.807, 2.05) is 20.8 Å². The summed E-state index contributed by atoms with van der Waals surface area (Å²) in [4.78, 5) is 29.7. The number of nitrogens with one attached hydrogen (secondary N) is 1. The number of amides is 2. The Labute approximate surface area is 167 Å². The third kappa shape index (κ3) is 4.58. The van der Waals surface area contributed by atoms with Crippen molar-refractivity contribution in [3.8, 4) is 11.5 Å². The average Bonchev–Trinajstić information content (AvgIpc) is 2.71. The van der Waals surface area contributed by atoms with E-state index in [4.69, 9.17) is 9.47 Å². The summed E-state index contributed by atoms with van der Waals surface area (Å²) in [6.07, 6.45) is 1.59. The van der Waals surface area contributed by atoms with Crippen LogP contribution in [0.2, 0.25) is 0 Å². The molecule has 2 heterocycles. The highest BCUT2D eigenvalue weighted by Crippen LogP contribution is 2.37. The van der Waals surface area contributed by atoms with Gasteiger partial charge in [-0.1, -0.05) is 0 Å². The van der Waals surface area contributed by atoms with Crippen molar-refractivity contribution in [1.82, 2.24) is 15.1 Å². The SMILES string of the molecule is COc1ccc2c(c1)OC1(CCN(C)CC1)CN(CC(=O)NC(C)(C)C)C2=O. The van der Waals surface area contributed by atoms with E-state index >= 15 is 0 Å². The number of hydrogen-bond donors (Lipinski definition) is 1. The summed E-state index contributed by atoms with van der Waals surface area (Å²) in [5.74, 6) is 0.833. The van der Waals surface area contributed by atoms with Gasteiger partial charge in [-0.3, -0.25) is 9.59 Å². The molecule has 7 nitrogen and oxygen atoms in total. The molecule has 0 unspecified atom stereocenters. The van der Waals surface area contributed by atoms with Crippen molar-refractivity contribution in [1.29, 1.82) is 0 Å². The number of rotatable bonds is 3. The van der Waals surface area contributed by atoms with E-state index in [-0.39, 0.29) is 23.9 Å². The van der Waals surface area contributed by atoms with Crippen LogP contribution >= 0.6 is 0 Å². The standard InChI is InChI=1S/C21H31N3O4/c1-20(2,3)22-18(25)13-24-14-21(8-10-23(4)11-9-21)28-17-12-15(27-5)6-7-16(17)19(24)26/h6-7,12H,8-11,13-14H2,1-5H3,(H,22,25). The maximum atomic E-state index is 13.2. The predicted octanol–water partition coefficient (Wildman–Crippen LogP) is 1.91. The van der Waals surface area contributed by atoms with Crippen LogP contribution in [0.4, 0.5) is 0 Å². The topological polar surface area (TPSA) is 71.1 Å². The van der Waals surface area contributed by atoms with Crippen LogP contribution in [-0.4, -0.2) is 73.1 Å². The van der Waals surface area contributed by atoms with Crippen LogP contribution in [0.5, 0.6) is 11.5 Å². The zero-order valence-corrected chi connectivity index (χ0v) is 17.5. The maximum Gasteiger partial charge on any atom is 0.258 e. The van der Waals surface area contributed by atoms with Gasteiger partial charge in [-0.2, -0.15) is 0 Å². The third-order valence-corrected chi connectivity index (χ3v) is 5.26. The summed E-state index contributed by atoms with van der Waals surface area (Å²) in [7, 11) is 3.68. The molecule has 0 saturated carbocycles. The van der Waals surface area contributed by atoms with Crippen molar-refractivity contribution < 1.29 is 19.1 Å². The Balaban J connectivity index is 1.93. The Hall–Kier alpha value is -2.28. The molecule has 154 valence electrons. The molecule has 7 heteroatoms. The second-order valence-electron chi connectivity index (χ2n) is 8.91. The first-order valence-corrected chi connectivity index (χ1v) is 9.77. The summed E-state index contributed by atoms with van der Waals surface area (Å²) in [5.41, 5.74) is -0.374. The molecule has 1 fully saturated rings. The molecule has 0 aromatic heterocycles. The fraction of sp³-hybridized carbons (Fsp3) is 0.619. The molecule has 2 amide bonds. The number of fused-ring (bicyclic) bond motifs is 1. The summed E-state index contributed by atoms with van der Waals surface area (Å²) in [5, 5.41) is 2.95. The number of carbonyl (C=O) groups is 2. The molecule has 28 heavy (non-hydrogen) atoms. The minimum absolute atomic E-state index is 0.0164. The van der Waals surface area contributed by atoms with Crippen molar-refractivity contribution >= 4 is 11.8 Å². The van der Waals surface area contributed by atoms with E-state index < -0.39 is 5.60 Å². The molecule has 0 aliphatic carbocycles. The molecule has 2 aliphatic heterocycles. The molecule has 0 bridgehead atoms. The van der Waals surface area contributed by atoms with Gasteiger partial charge in [0.15, 0.2) is 0 Å². The van der Waals surface area contributed by atoms with E-state index in [0.29, 0.717) is 23.6 Å². The lowest BCUT2D eigenvalue weighted by Gasteiger charge is -2.41. The summed E-state index contributed by atoms with van der Waals surface area (Å²) >= 11 is 0. The number of methoxy groups -OCH3 is 1. The van der Waals surface area contributed by atoms with Crippen molar-refractivity contribution in [2.75, 3.05) is 40.3 Å². The normalized spacial score (nSPS) is 19.6. The Bertz CT molecular complexity index is 749. The molecule has 2 aliphatic rings. The Morgan fingerprint density at radius 2 is 1.96 bits per heavy atom. The Morgan fingerprint density at radius 3 is 2.57 bits per heavy atom. The lowest BCUT2D eigenvalue weighted by Crippen LogP contribution is -2.55. The van der Waals surface area contributed by atoms with Crippen molar-refractivity contribution in [2.45, 2.75) is 44.8 Å². The highest BCUT2D eigenvalue weighted by Gasteiger charge is 2.43. The van der Waals surface area contributed by atoms with Crippen LogP contribution in [0.1, 0.15) is 44.0 Å². The van der Waals surface area contributed by atoms with Gasteiger partial charge in [0, 0.05) is 37.5 Å². The Morgan fingerprint density at radius 1 is 1.29 bits per heavy atom. The monoisotopic (exact) mass is 389 g/mol. The number of likely N-dealkylation sites (tertiary alicyclic amines) is 1. The minimum atomic E-state index is -0.498. The molecule has 3 rings (SSSR count). The number of nitrogens with zero attached hydrogens (tertiary/aromatic N) is 2. The van der Waals surface area contributed by atoms with Crippen LogP contribution in [0, 0.1) is 0 Å². The Kier molecular flexibility index (Phi) is 5.57. The fourth-order valence-electron chi connectivity index (χ4n) is 3.79. The zero-order valence-electron chi connectivity index (χ0n) is 17.5. The maximum absolute atomic E-state index is 13.2. The van der Waals surface area contributed by atoms with Gasteiger partial charge >= 0.3 is 0 Å². The van der Waals surface area contributed by atoms with Crippen LogP contribution in [0.3, 0.4) is 0 Å². The molecule has 1 aromatic rings. The van der Waals surface area contributed by atoms with Crippen molar-refractivity contribution in [3.05, 3.63) is 23.8 Å². The predicted molar refractivity (Wildman–Crippen MR) is 107 cm³/mol. The van der Waals surface area contributed by atoms with Gasteiger partial charge in [-0.25, -0.2) is 0 Å². The lowest BCUT2D eigenvalue weighted by molar-refractivity contribution is -0.123. The summed E-state index contributed by atoms with van der Waals surface area (Å²) < 4.78 is 11.8. The van der Waals surface area contributed by atoms with E-state index in [9.17, 15) is 9.59 Å². The van der Waals surface area contributed by atoms with Gasteiger partial charge < -0.3 is 24.6 Å². The molecule has 1 saturated heterocycles. The first-order chi connectivity index (χ1) is 13.1. The quantitative estimate of drug-likeness (QED) is 0.855. The van der Waals surface area contributed by atoms with E-state index in [2.05, 4.69) is 17.3 Å². The van der Waals surface area contributed by atoms with Crippen LogP contribution in [-0.2, 0) is 4.79 Å². The molecule has 0 radical (unpaired) electrons. The molecule has 1 spiro atoms. The first kappa shape index (κ1) is 20.5. The minimum Gasteiger partial charge on any atom is -0.497 e. The number of carbonyl (C=O) groups excluding carboxylic acids is 2. The smallest absolute Gasteiger partial charge is 0.258 e. The highest BCUT2D eigenvalue weighted by molar-refractivity contribution is 5.99. The molecular formula is C21H31N3O4. The fourth-order valence-corrected chi connectivity index (χ4v) is 3.79. The van der Waals surface area contributed by atoms with Crippen LogP contribution in [0.15, 0.2) is 18.2 Å². The van der Waals surface area contributed by atoms with Gasteiger partial charge in [-0.15, -0.1) is 0 Å². The number of ether oxygens (including phenoxy) is 2. The molecular weight excluding hydrogens is 358 g/mol. The third-order valence-electron chi connectivity index (χ3n) is 5.26. The largest absolute Gasteiger partial charge is 0.497 e. The van der Waals surface area contributed by atoms with Gasteiger partial charge in [0.2, 0.25) is 5.91 Å². The molecule has 1 N–H and O–H groups in total. The van der Waals surface area contributed by atoms with Crippen molar-refractivity contribution in [3.63, 3.8) is 0 Å². The van der Waals surface area contributed by atoms with E-state index in [1.54, 1.807) is 30.2 Å². The summed E-state index contributed by atoms with van der Waals surface area (Å²) in [6.45, 7) is 7.97. The second kappa shape index (κ2) is 7.62. The van der Waals surface area contributed by atoms with E-state index in [1.165, 1.54) is 0 Å². The van der Waals surface area contributed by atoms with Crippen LogP contribution < -0.4 is 14.8 Å². The number of piperidine rings is 1. The van der Waals surface area contributed by atoms with E-state index in [0.717, 1.165) is 25.9 Å². The second-order valence-corrected chi connectivity index (χ2v) is 8.91. The summed E-state index contributed by atoms with van der Waals surface area (Å²) in [6, 6.07) is 5.24.